The van der Waals surface area contributed by atoms with E-state index in [4.69, 9.17) is 0 Å². The van der Waals surface area contributed by atoms with Crippen molar-refractivity contribution in [3.8, 4) is 10.7 Å². The first-order chi connectivity index (χ1) is 12.5. The molecule has 4 aromatic rings. The van der Waals surface area contributed by atoms with Crippen molar-refractivity contribution in [1.82, 2.24) is 24.5 Å². The maximum Gasteiger partial charge on any atom is 0.152 e. The summed E-state index contributed by atoms with van der Waals surface area (Å²) >= 11 is 1.55. The van der Waals surface area contributed by atoms with E-state index in [1.165, 1.54) is 12.1 Å². The largest absolute Gasteiger partial charge is 0.334 e. The number of imidazole rings is 1. The number of fused-ring (bicyclic) bond motifs is 1. The third kappa shape index (κ3) is 3.01. The maximum atomic E-state index is 13.6. The van der Waals surface area contributed by atoms with Gasteiger partial charge in [0.15, 0.2) is 5.82 Å². The zero-order valence-electron chi connectivity index (χ0n) is 14.6. The summed E-state index contributed by atoms with van der Waals surface area (Å²) in [5.74, 6) is 1.09. The molecule has 0 aliphatic rings. The molecule has 0 amide bonds. The van der Waals surface area contributed by atoms with Crippen LogP contribution in [0.5, 0.6) is 0 Å². The molecule has 0 unspecified atom stereocenters. The normalized spacial score (nSPS) is 11.7. The predicted molar refractivity (Wildman–Crippen MR) is 102 cm³/mol. The van der Waals surface area contributed by atoms with Gasteiger partial charge in [-0.2, -0.15) is 0 Å². The summed E-state index contributed by atoms with van der Waals surface area (Å²) in [6.45, 7) is 3.71. The van der Waals surface area contributed by atoms with Gasteiger partial charge in [-0.1, -0.05) is 0 Å². The second-order valence-corrected chi connectivity index (χ2v) is 6.95. The van der Waals surface area contributed by atoms with Gasteiger partial charge in [0.2, 0.25) is 0 Å². The standard InChI is InChI=1S/C19H16FN5S/c1-11-8-13(20)9-14-12(2)22-16(24-18(11)14)4-5-17-23-15(10-25(17)3)19-21-6-7-26-19/h4-10H,1-3H3/b5-4+. The van der Waals surface area contributed by atoms with E-state index in [0.717, 1.165) is 38.7 Å². The van der Waals surface area contributed by atoms with Crippen LogP contribution in [0.15, 0.2) is 29.9 Å². The molecule has 26 heavy (non-hydrogen) atoms. The number of aryl methyl sites for hydroxylation is 3. The fourth-order valence-corrected chi connectivity index (χ4v) is 3.43. The summed E-state index contributed by atoms with van der Waals surface area (Å²) in [4.78, 5) is 17.9. The molecule has 4 rings (SSSR count). The van der Waals surface area contributed by atoms with Gasteiger partial charge in [-0.3, -0.25) is 0 Å². The maximum absolute atomic E-state index is 13.6. The number of nitrogens with zero attached hydrogens (tertiary/aromatic N) is 5. The first-order valence-corrected chi connectivity index (χ1v) is 8.95. The number of benzene rings is 1. The van der Waals surface area contributed by atoms with Crippen LogP contribution in [0.4, 0.5) is 4.39 Å². The molecule has 1 aromatic carbocycles. The van der Waals surface area contributed by atoms with Gasteiger partial charge in [-0.05, 0) is 43.7 Å². The van der Waals surface area contributed by atoms with Gasteiger partial charge in [0.1, 0.15) is 22.3 Å². The van der Waals surface area contributed by atoms with Crippen molar-refractivity contribution >= 4 is 34.4 Å². The third-order valence-electron chi connectivity index (χ3n) is 4.11. The summed E-state index contributed by atoms with van der Waals surface area (Å²) in [6, 6.07) is 2.96. The fraction of sp³-hybridized carbons (Fsp3) is 0.158. The molecular formula is C19H16FN5S. The predicted octanol–water partition coefficient (Wildman–Crippen LogP) is 4.41. The summed E-state index contributed by atoms with van der Waals surface area (Å²) in [5, 5.41) is 3.55. The number of hydrogen-bond donors (Lipinski definition) is 0. The summed E-state index contributed by atoms with van der Waals surface area (Å²) in [5.41, 5.74) is 3.15. The highest BCUT2D eigenvalue weighted by molar-refractivity contribution is 7.13. The first kappa shape index (κ1) is 16.5. The lowest BCUT2D eigenvalue weighted by Crippen LogP contribution is -1.97. The molecule has 0 saturated heterocycles. The Bertz CT molecular complexity index is 1130. The smallest absolute Gasteiger partial charge is 0.152 e. The van der Waals surface area contributed by atoms with Crippen molar-refractivity contribution in [2.75, 3.05) is 0 Å². The Morgan fingerprint density at radius 3 is 2.73 bits per heavy atom. The zero-order valence-corrected chi connectivity index (χ0v) is 15.4. The zero-order chi connectivity index (χ0) is 18.3. The lowest BCUT2D eigenvalue weighted by atomic mass is 10.1. The Kier molecular flexibility index (Phi) is 4.08. The quantitative estimate of drug-likeness (QED) is 0.539. The molecule has 0 atom stereocenters. The van der Waals surface area contributed by atoms with Gasteiger partial charge >= 0.3 is 0 Å². The van der Waals surface area contributed by atoms with Crippen LogP contribution in [0, 0.1) is 19.7 Å². The van der Waals surface area contributed by atoms with E-state index in [1.54, 1.807) is 17.5 Å². The Balaban J connectivity index is 1.71. The van der Waals surface area contributed by atoms with Crippen LogP contribution >= 0.6 is 11.3 Å². The van der Waals surface area contributed by atoms with Crippen molar-refractivity contribution in [1.29, 1.82) is 0 Å². The van der Waals surface area contributed by atoms with E-state index in [2.05, 4.69) is 19.9 Å². The molecule has 5 nitrogen and oxygen atoms in total. The molecule has 0 bridgehead atoms. The van der Waals surface area contributed by atoms with Crippen LogP contribution in [-0.4, -0.2) is 24.5 Å². The molecule has 3 heterocycles. The molecule has 0 fully saturated rings. The fourth-order valence-electron chi connectivity index (χ4n) is 2.84. The van der Waals surface area contributed by atoms with Crippen LogP contribution in [0.1, 0.15) is 22.9 Å². The van der Waals surface area contributed by atoms with Crippen molar-refractivity contribution in [3.63, 3.8) is 0 Å². The van der Waals surface area contributed by atoms with Crippen molar-refractivity contribution in [3.05, 3.63) is 58.6 Å². The molecule has 7 heteroatoms. The molecule has 0 spiro atoms. The number of rotatable bonds is 3. The Labute approximate surface area is 153 Å². The van der Waals surface area contributed by atoms with Crippen LogP contribution in [-0.2, 0) is 7.05 Å². The second kappa shape index (κ2) is 6.42. The van der Waals surface area contributed by atoms with Gasteiger partial charge in [-0.25, -0.2) is 24.3 Å². The monoisotopic (exact) mass is 365 g/mol. The minimum absolute atomic E-state index is 0.271. The highest BCUT2D eigenvalue weighted by Gasteiger charge is 2.09. The van der Waals surface area contributed by atoms with Gasteiger partial charge in [-0.15, -0.1) is 11.3 Å². The van der Waals surface area contributed by atoms with Crippen molar-refractivity contribution < 1.29 is 4.39 Å². The van der Waals surface area contributed by atoms with E-state index in [9.17, 15) is 4.39 Å². The average Bonchev–Trinajstić information content (AvgIpc) is 3.24. The lowest BCUT2D eigenvalue weighted by molar-refractivity contribution is 0.628. The molecular weight excluding hydrogens is 349 g/mol. The number of hydrogen-bond acceptors (Lipinski definition) is 5. The minimum Gasteiger partial charge on any atom is -0.334 e. The summed E-state index contributed by atoms with van der Waals surface area (Å²) < 4.78 is 15.6. The van der Waals surface area contributed by atoms with Gasteiger partial charge < -0.3 is 4.57 Å². The molecule has 0 N–H and O–H groups in total. The van der Waals surface area contributed by atoms with Gasteiger partial charge in [0.25, 0.3) is 0 Å². The third-order valence-corrected chi connectivity index (χ3v) is 4.90. The molecule has 0 radical (unpaired) electrons. The molecule has 130 valence electrons. The van der Waals surface area contributed by atoms with Crippen molar-refractivity contribution in [2.45, 2.75) is 13.8 Å². The minimum atomic E-state index is -0.271. The van der Waals surface area contributed by atoms with E-state index in [1.807, 2.05) is 49.2 Å². The summed E-state index contributed by atoms with van der Waals surface area (Å²) in [7, 11) is 1.93. The Hall–Kier alpha value is -2.93. The van der Waals surface area contributed by atoms with Crippen LogP contribution in [0.3, 0.4) is 0 Å². The Morgan fingerprint density at radius 2 is 1.96 bits per heavy atom. The van der Waals surface area contributed by atoms with Crippen LogP contribution in [0.25, 0.3) is 33.8 Å². The summed E-state index contributed by atoms with van der Waals surface area (Å²) in [6.07, 6.45) is 7.40. The van der Waals surface area contributed by atoms with Crippen LogP contribution in [0.2, 0.25) is 0 Å². The number of thiazole rings is 1. The molecule has 3 aromatic heterocycles. The Morgan fingerprint density at radius 1 is 1.12 bits per heavy atom. The highest BCUT2D eigenvalue weighted by atomic mass is 32.1. The first-order valence-electron chi connectivity index (χ1n) is 8.07. The highest BCUT2D eigenvalue weighted by Crippen LogP contribution is 2.23. The number of halogens is 1. The molecule has 0 aliphatic carbocycles. The van der Waals surface area contributed by atoms with Gasteiger partial charge in [0, 0.05) is 35.9 Å². The average molecular weight is 365 g/mol. The number of aromatic nitrogens is 5. The van der Waals surface area contributed by atoms with E-state index in [0.29, 0.717) is 5.82 Å². The molecule has 0 aliphatic heterocycles. The topological polar surface area (TPSA) is 56.5 Å². The van der Waals surface area contributed by atoms with E-state index < -0.39 is 0 Å². The SMILES string of the molecule is Cc1nc(/C=C/c2nc(-c3nccs3)cn2C)nc2c(C)cc(F)cc12. The van der Waals surface area contributed by atoms with Crippen molar-refractivity contribution in [2.24, 2.45) is 7.05 Å². The van der Waals surface area contributed by atoms with E-state index >= 15 is 0 Å². The van der Waals surface area contributed by atoms with Gasteiger partial charge in [0.05, 0.1) is 5.52 Å². The van der Waals surface area contributed by atoms with Crippen LogP contribution < -0.4 is 0 Å². The van der Waals surface area contributed by atoms with E-state index in [-0.39, 0.29) is 5.82 Å². The molecule has 0 saturated carbocycles. The lowest BCUT2D eigenvalue weighted by Gasteiger charge is -2.06. The second-order valence-electron chi connectivity index (χ2n) is 6.05.